The highest BCUT2D eigenvalue weighted by Gasteiger charge is 2.38. The van der Waals surface area contributed by atoms with Crippen LogP contribution >= 0.6 is 0 Å². The van der Waals surface area contributed by atoms with Crippen LogP contribution in [0, 0.1) is 5.92 Å². The van der Waals surface area contributed by atoms with E-state index < -0.39 is 54.3 Å². The van der Waals surface area contributed by atoms with Crippen molar-refractivity contribution in [3.63, 3.8) is 0 Å². The lowest BCUT2D eigenvalue weighted by Gasteiger charge is -2.30. The van der Waals surface area contributed by atoms with Crippen LogP contribution in [0.2, 0.25) is 0 Å². The van der Waals surface area contributed by atoms with Crippen molar-refractivity contribution in [2.75, 3.05) is 6.54 Å². The van der Waals surface area contributed by atoms with E-state index in [-0.39, 0.29) is 24.7 Å². The number of carbonyl (C=O) groups is 5. The summed E-state index contributed by atoms with van der Waals surface area (Å²) in [6, 6.07) is 4.55. The Morgan fingerprint density at radius 2 is 1.75 bits per heavy atom. The molecule has 1 aromatic carbocycles. The number of carboxylic acids is 2. The summed E-state index contributed by atoms with van der Waals surface area (Å²) in [5.74, 6) is -4.26. The molecule has 1 aliphatic heterocycles. The molecule has 0 bridgehead atoms. The van der Waals surface area contributed by atoms with Gasteiger partial charge in [-0.1, -0.05) is 50.6 Å². The summed E-state index contributed by atoms with van der Waals surface area (Å²) in [4.78, 5) is 63.3. The fourth-order valence-corrected chi connectivity index (χ4v) is 4.12. The maximum atomic E-state index is 13.1. The van der Waals surface area contributed by atoms with Crippen molar-refractivity contribution >= 4 is 29.7 Å². The third kappa shape index (κ3) is 8.04. The van der Waals surface area contributed by atoms with E-state index in [0.29, 0.717) is 31.4 Å². The number of hydrogen-bond acceptors (Lipinski definition) is 6. The second-order valence-corrected chi connectivity index (χ2v) is 9.18. The van der Waals surface area contributed by atoms with E-state index in [1.165, 1.54) is 4.90 Å². The number of carbonyl (C=O) groups excluding carboxylic acids is 3. The van der Waals surface area contributed by atoms with E-state index in [0.717, 1.165) is 0 Å². The van der Waals surface area contributed by atoms with Crippen LogP contribution in [0.1, 0.15) is 51.5 Å². The summed E-state index contributed by atoms with van der Waals surface area (Å²) in [6.07, 6.45) is 1.02. The summed E-state index contributed by atoms with van der Waals surface area (Å²) < 4.78 is 0. The monoisotopic (exact) mass is 504 g/mol. The molecule has 11 nitrogen and oxygen atoms in total. The van der Waals surface area contributed by atoms with Crippen LogP contribution in [0.4, 0.5) is 0 Å². The quantitative estimate of drug-likeness (QED) is 0.258. The maximum Gasteiger partial charge on any atom is 0.326 e. The van der Waals surface area contributed by atoms with Crippen LogP contribution in [0.25, 0.3) is 0 Å². The molecule has 198 valence electrons. The molecule has 0 spiro atoms. The molecular weight excluding hydrogens is 468 g/mol. The Kier molecular flexibility index (Phi) is 10.8. The minimum absolute atomic E-state index is 0.0138. The number of benzene rings is 1. The summed E-state index contributed by atoms with van der Waals surface area (Å²) >= 11 is 0. The van der Waals surface area contributed by atoms with Gasteiger partial charge in [0.1, 0.15) is 18.1 Å². The Morgan fingerprint density at radius 3 is 2.33 bits per heavy atom. The van der Waals surface area contributed by atoms with E-state index in [1.54, 1.807) is 30.3 Å². The normalized spacial score (nSPS) is 18.5. The summed E-state index contributed by atoms with van der Waals surface area (Å²) in [5, 5.41) is 23.7. The van der Waals surface area contributed by atoms with Gasteiger partial charge in [-0.3, -0.25) is 19.2 Å². The molecule has 0 saturated carbocycles. The number of carboxylic acid groups (broad SMARTS) is 2. The average Bonchev–Trinajstić information content (AvgIpc) is 3.35. The lowest BCUT2D eigenvalue weighted by molar-refractivity contribution is -0.143. The molecule has 5 atom stereocenters. The van der Waals surface area contributed by atoms with Crippen molar-refractivity contribution < 1.29 is 34.2 Å². The number of nitrogens with two attached hydrogens (primary N) is 1. The lowest BCUT2D eigenvalue weighted by Crippen LogP contribution is -2.57. The Balaban J connectivity index is 2.13. The molecule has 1 saturated heterocycles. The highest BCUT2D eigenvalue weighted by atomic mass is 16.4. The first-order valence-electron chi connectivity index (χ1n) is 12.2. The van der Waals surface area contributed by atoms with Crippen molar-refractivity contribution in [2.45, 2.75) is 76.5 Å². The molecule has 36 heavy (non-hydrogen) atoms. The minimum atomic E-state index is -1.29. The number of nitrogens with zero attached hydrogens (tertiary/aromatic N) is 1. The first-order valence-corrected chi connectivity index (χ1v) is 12.2. The minimum Gasteiger partial charge on any atom is -0.481 e. The Labute approximate surface area is 210 Å². The maximum absolute atomic E-state index is 13.1. The van der Waals surface area contributed by atoms with E-state index in [9.17, 15) is 29.1 Å². The Morgan fingerprint density at radius 1 is 1.08 bits per heavy atom. The molecule has 0 radical (unpaired) electrons. The zero-order chi connectivity index (χ0) is 26.8. The van der Waals surface area contributed by atoms with Crippen molar-refractivity contribution in [2.24, 2.45) is 11.7 Å². The average molecular weight is 505 g/mol. The molecule has 0 aliphatic carbocycles. The third-order valence-electron chi connectivity index (χ3n) is 6.56. The fourth-order valence-electron chi connectivity index (χ4n) is 4.12. The molecule has 1 aromatic rings. The SMILES string of the molecule is CCC(C)C(N)C(=O)N1CCCC1C(=O)NC(CCC(=O)O)C(=O)NC(Cc1ccccc1)C(=O)O. The largest absolute Gasteiger partial charge is 0.481 e. The van der Waals surface area contributed by atoms with Gasteiger partial charge < -0.3 is 31.5 Å². The molecule has 1 heterocycles. The third-order valence-corrected chi connectivity index (χ3v) is 6.56. The van der Waals surface area contributed by atoms with Gasteiger partial charge >= 0.3 is 11.9 Å². The first-order chi connectivity index (χ1) is 17.0. The van der Waals surface area contributed by atoms with Gasteiger partial charge in [0.2, 0.25) is 17.7 Å². The predicted molar refractivity (Wildman–Crippen MR) is 131 cm³/mol. The number of amides is 3. The molecule has 5 unspecified atom stereocenters. The molecular formula is C25H36N4O7. The second kappa shape index (κ2) is 13.6. The Bertz CT molecular complexity index is 940. The van der Waals surface area contributed by atoms with Crippen LogP contribution in [-0.2, 0) is 30.4 Å². The van der Waals surface area contributed by atoms with Crippen LogP contribution in [0.5, 0.6) is 0 Å². The number of hydrogen-bond donors (Lipinski definition) is 5. The molecule has 0 aromatic heterocycles. The van der Waals surface area contributed by atoms with Gasteiger partial charge in [0.25, 0.3) is 0 Å². The van der Waals surface area contributed by atoms with Gasteiger partial charge in [0.05, 0.1) is 6.04 Å². The van der Waals surface area contributed by atoms with E-state index in [2.05, 4.69) is 10.6 Å². The summed E-state index contributed by atoms with van der Waals surface area (Å²) in [7, 11) is 0. The van der Waals surface area contributed by atoms with Gasteiger partial charge in [0, 0.05) is 19.4 Å². The van der Waals surface area contributed by atoms with E-state index >= 15 is 0 Å². The molecule has 11 heteroatoms. The Hall–Kier alpha value is -3.47. The zero-order valence-electron chi connectivity index (χ0n) is 20.7. The molecule has 1 fully saturated rings. The van der Waals surface area contributed by atoms with E-state index in [4.69, 9.17) is 10.8 Å². The van der Waals surface area contributed by atoms with Gasteiger partial charge in [-0.05, 0) is 30.7 Å². The van der Waals surface area contributed by atoms with Gasteiger partial charge in [-0.2, -0.15) is 0 Å². The number of aliphatic carboxylic acids is 2. The summed E-state index contributed by atoms with van der Waals surface area (Å²) in [6.45, 7) is 4.12. The lowest BCUT2D eigenvalue weighted by atomic mass is 9.98. The van der Waals surface area contributed by atoms with Crippen molar-refractivity contribution in [1.82, 2.24) is 15.5 Å². The molecule has 3 amide bonds. The van der Waals surface area contributed by atoms with E-state index in [1.807, 2.05) is 13.8 Å². The smallest absolute Gasteiger partial charge is 0.326 e. The predicted octanol–water partition coefficient (Wildman–Crippen LogP) is 0.513. The standard InChI is InChI=1S/C25H36N4O7/c1-3-15(2)21(26)24(34)29-13-7-10-19(29)23(33)27-17(11-12-20(30)31)22(32)28-18(25(35)36)14-16-8-5-4-6-9-16/h4-6,8-9,15,17-19,21H,3,7,10-14,26H2,1-2H3,(H,27,33)(H,28,32)(H,30,31)(H,35,36). The van der Waals surface area contributed by atoms with Crippen molar-refractivity contribution in [3.8, 4) is 0 Å². The van der Waals surface area contributed by atoms with Crippen LogP contribution < -0.4 is 16.4 Å². The van der Waals surface area contributed by atoms with Gasteiger partial charge in [0.15, 0.2) is 0 Å². The van der Waals surface area contributed by atoms with Crippen molar-refractivity contribution in [1.29, 1.82) is 0 Å². The number of nitrogens with one attached hydrogen (secondary N) is 2. The first kappa shape index (κ1) is 28.8. The molecule has 2 rings (SSSR count). The highest BCUT2D eigenvalue weighted by Crippen LogP contribution is 2.21. The van der Waals surface area contributed by atoms with Crippen LogP contribution in [0.15, 0.2) is 30.3 Å². The second-order valence-electron chi connectivity index (χ2n) is 9.18. The molecule has 6 N–H and O–H groups in total. The van der Waals surface area contributed by atoms with Crippen LogP contribution in [-0.4, -0.2) is 75.5 Å². The molecule has 1 aliphatic rings. The number of rotatable bonds is 13. The van der Waals surface area contributed by atoms with Crippen molar-refractivity contribution in [3.05, 3.63) is 35.9 Å². The summed E-state index contributed by atoms with van der Waals surface area (Å²) in [5.41, 5.74) is 6.77. The topological polar surface area (TPSA) is 179 Å². The fraction of sp³-hybridized carbons (Fsp3) is 0.560. The van der Waals surface area contributed by atoms with Gasteiger partial charge in [-0.25, -0.2) is 4.79 Å². The van der Waals surface area contributed by atoms with Gasteiger partial charge in [-0.15, -0.1) is 0 Å². The van der Waals surface area contributed by atoms with Crippen LogP contribution in [0.3, 0.4) is 0 Å². The zero-order valence-corrected chi connectivity index (χ0v) is 20.7. The number of likely N-dealkylation sites (tertiary alicyclic amines) is 1. The highest BCUT2D eigenvalue weighted by molar-refractivity contribution is 5.94.